The third-order valence-corrected chi connectivity index (χ3v) is 4.38. The fourth-order valence-electron chi connectivity index (χ4n) is 2.52. The average molecular weight is 439 g/mol. The number of benzene rings is 2. The molecule has 1 aromatic heterocycles. The summed E-state index contributed by atoms with van der Waals surface area (Å²) in [7, 11) is 0. The number of aromatic nitrogens is 3. The zero-order valence-electron chi connectivity index (χ0n) is 15.7. The first kappa shape index (κ1) is 21.6. The smallest absolute Gasteiger partial charge is 0.416 e. The predicted molar refractivity (Wildman–Crippen MR) is 104 cm³/mol. The van der Waals surface area contributed by atoms with Crippen LogP contribution in [-0.2, 0) is 30.7 Å². The van der Waals surface area contributed by atoms with E-state index in [4.69, 9.17) is 16.3 Å². The van der Waals surface area contributed by atoms with E-state index >= 15 is 0 Å². The van der Waals surface area contributed by atoms with Crippen LogP contribution in [0.15, 0.2) is 54.7 Å². The van der Waals surface area contributed by atoms with Gasteiger partial charge in [0, 0.05) is 18.0 Å². The topological polar surface area (TPSA) is 69.0 Å². The van der Waals surface area contributed by atoms with Crippen LogP contribution in [0.25, 0.3) is 0 Å². The van der Waals surface area contributed by atoms with Crippen LogP contribution >= 0.6 is 11.6 Å². The molecule has 0 saturated heterocycles. The van der Waals surface area contributed by atoms with Gasteiger partial charge in [-0.2, -0.15) is 13.2 Å². The van der Waals surface area contributed by atoms with Crippen molar-refractivity contribution in [2.75, 3.05) is 0 Å². The lowest BCUT2D eigenvalue weighted by molar-refractivity contribution is -0.137. The molecule has 3 rings (SSSR count). The highest BCUT2D eigenvalue weighted by Gasteiger charge is 2.29. The highest BCUT2D eigenvalue weighted by atomic mass is 35.5. The molecule has 0 atom stereocenters. The Hall–Kier alpha value is -3.07. The minimum Gasteiger partial charge on any atom is -0.487 e. The largest absolute Gasteiger partial charge is 0.487 e. The number of amides is 1. The van der Waals surface area contributed by atoms with Crippen molar-refractivity contribution in [3.05, 3.63) is 76.6 Å². The number of nitrogens with zero attached hydrogens (tertiary/aromatic N) is 3. The van der Waals surface area contributed by atoms with E-state index in [0.717, 1.165) is 12.1 Å². The Morgan fingerprint density at radius 1 is 1.10 bits per heavy atom. The van der Waals surface area contributed by atoms with Gasteiger partial charge in [0.15, 0.2) is 0 Å². The summed E-state index contributed by atoms with van der Waals surface area (Å²) in [4.78, 5) is 12.0. The zero-order chi connectivity index (χ0) is 21.6. The Balaban J connectivity index is 1.40. The number of carbonyl (C=O) groups excluding carboxylic acids is 1. The second-order valence-electron chi connectivity index (χ2n) is 6.44. The van der Waals surface area contributed by atoms with E-state index in [2.05, 4.69) is 15.6 Å². The number of carbonyl (C=O) groups is 1. The molecule has 0 unspecified atom stereocenters. The van der Waals surface area contributed by atoms with Gasteiger partial charge >= 0.3 is 6.18 Å². The quantitative estimate of drug-likeness (QED) is 0.571. The van der Waals surface area contributed by atoms with Crippen molar-refractivity contribution in [3.8, 4) is 5.75 Å². The second kappa shape index (κ2) is 9.62. The number of ether oxygens (including phenoxy) is 1. The first-order valence-corrected chi connectivity index (χ1v) is 9.37. The number of alkyl halides is 3. The monoisotopic (exact) mass is 438 g/mol. The average Bonchev–Trinajstić information content (AvgIpc) is 3.18. The zero-order valence-corrected chi connectivity index (χ0v) is 16.5. The van der Waals surface area contributed by atoms with E-state index in [1.165, 1.54) is 16.8 Å². The Bertz CT molecular complexity index is 973. The van der Waals surface area contributed by atoms with Crippen molar-refractivity contribution in [2.45, 2.75) is 32.3 Å². The number of nitrogens with one attached hydrogen (secondary N) is 1. The molecule has 10 heteroatoms. The van der Waals surface area contributed by atoms with Crippen molar-refractivity contribution < 1.29 is 22.7 Å². The summed E-state index contributed by atoms with van der Waals surface area (Å²) in [5.41, 5.74) is 0.466. The van der Waals surface area contributed by atoms with Crippen molar-refractivity contribution in [2.24, 2.45) is 0 Å². The third-order valence-electron chi connectivity index (χ3n) is 4.13. The lowest BCUT2D eigenvalue weighted by atomic mass is 10.1. The highest BCUT2D eigenvalue weighted by Crippen LogP contribution is 2.29. The van der Waals surface area contributed by atoms with Crippen LogP contribution in [0.1, 0.15) is 23.2 Å². The second-order valence-corrected chi connectivity index (χ2v) is 6.87. The molecule has 1 N–H and O–H groups in total. The standard InChI is InChI=1S/C20H18ClF3N4O2/c21-16-5-7-18(8-6-16)30-13-17-12-28(27-26-17)10-9-19(29)25-11-14-1-3-15(4-2-14)20(22,23)24/h1-8,12H,9-11,13H2,(H,25,29). The Morgan fingerprint density at radius 3 is 2.47 bits per heavy atom. The molecule has 0 radical (unpaired) electrons. The molecule has 1 amide bonds. The van der Waals surface area contributed by atoms with Gasteiger partial charge in [0.2, 0.25) is 5.91 Å². The van der Waals surface area contributed by atoms with Crippen LogP contribution < -0.4 is 10.1 Å². The Kier molecular flexibility index (Phi) is 6.94. The minimum atomic E-state index is -4.38. The summed E-state index contributed by atoms with van der Waals surface area (Å²) < 4.78 is 44.8. The molecule has 0 fully saturated rings. The van der Waals surface area contributed by atoms with Gasteiger partial charge in [0.25, 0.3) is 0 Å². The van der Waals surface area contributed by atoms with Crippen LogP contribution in [-0.4, -0.2) is 20.9 Å². The summed E-state index contributed by atoms with van der Waals surface area (Å²) in [6, 6.07) is 11.6. The van der Waals surface area contributed by atoms with Crippen molar-refractivity contribution in [1.82, 2.24) is 20.3 Å². The maximum atomic E-state index is 12.6. The molecule has 2 aromatic carbocycles. The molecular formula is C20H18ClF3N4O2. The maximum absolute atomic E-state index is 12.6. The van der Waals surface area contributed by atoms with E-state index in [1.54, 1.807) is 30.5 Å². The summed E-state index contributed by atoms with van der Waals surface area (Å²) in [5, 5.41) is 11.2. The molecule has 0 aliphatic carbocycles. The van der Waals surface area contributed by atoms with E-state index < -0.39 is 11.7 Å². The van der Waals surface area contributed by atoms with E-state index in [-0.39, 0.29) is 25.5 Å². The summed E-state index contributed by atoms with van der Waals surface area (Å²) in [5.74, 6) is 0.404. The highest BCUT2D eigenvalue weighted by molar-refractivity contribution is 6.30. The summed E-state index contributed by atoms with van der Waals surface area (Å²) in [6.45, 7) is 0.684. The van der Waals surface area contributed by atoms with Crippen LogP contribution in [0, 0.1) is 0 Å². The first-order chi connectivity index (χ1) is 14.3. The van der Waals surface area contributed by atoms with Gasteiger partial charge in [-0.05, 0) is 42.0 Å². The van der Waals surface area contributed by atoms with Crippen LogP contribution in [0.4, 0.5) is 13.2 Å². The van der Waals surface area contributed by atoms with Crippen molar-refractivity contribution >= 4 is 17.5 Å². The lowest BCUT2D eigenvalue weighted by Gasteiger charge is -2.08. The molecule has 0 spiro atoms. The molecule has 6 nitrogen and oxygen atoms in total. The van der Waals surface area contributed by atoms with Gasteiger partial charge in [0.1, 0.15) is 18.1 Å². The molecule has 3 aromatic rings. The minimum absolute atomic E-state index is 0.147. The van der Waals surface area contributed by atoms with Crippen LogP contribution in [0.3, 0.4) is 0 Å². The van der Waals surface area contributed by atoms with E-state index in [1.807, 2.05) is 0 Å². The van der Waals surface area contributed by atoms with Gasteiger partial charge in [-0.15, -0.1) is 5.10 Å². The van der Waals surface area contributed by atoms with Gasteiger partial charge < -0.3 is 10.1 Å². The van der Waals surface area contributed by atoms with Crippen molar-refractivity contribution in [3.63, 3.8) is 0 Å². The number of halogens is 4. The summed E-state index contributed by atoms with van der Waals surface area (Å²) >= 11 is 5.82. The van der Waals surface area contributed by atoms with Crippen LogP contribution in [0.5, 0.6) is 5.75 Å². The van der Waals surface area contributed by atoms with E-state index in [0.29, 0.717) is 28.6 Å². The molecular weight excluding hydrogens is 421 g/mol. The molecule has 0 saturated carbocycles. The number of hydrogen-bond donors (Lipinski definition) is 1. The maximum Gasteiger partial charge on any atom is 0.416 e. The lowest BCUT2D eigenvalue weighted by Crippen LogP contribution is -2.24. The normalized spacial score (nSPS) is 11.3. The van der Waals surface area contributed by atoms with Gasteiger partial charge in [-0.1, -0.05) is 28.9 Å². The predicted octanol–water partition coefficient (Wildman–Crippen LogP) is 4.24. The Morgan fingerprint density at radius 2 is 1.80 bits per heavy atom. The fraction of sp³-hybridized carbons (Fsp3) is 0.250. The van der Waals surface area contributed by atoms with Crippen molar-refractivity contribution in [1.29, 1.82) is 0 Å². The first-order valence-electron chi connectivity index (χ1n) is 9.00. The molecule has 0 aliphatic heterocycles. The molecule has 0 aliphatic rings. The fourth-order valence-corrected chi connectivity index (χ4v) is 2.64. The van der Waals surface area contributed by atoms with Gasteiger partial charge in [0.05, 0.1) is 18.3 Å². The molecule has 1 heterocycles. The third kappa shape index (κ3) is 6.48. The molecule has 158 valence electrons. The Labute approximate surface area is 175 Å². The molecule has 30 heavy (non-hydrogen) atoms. The van der Waals surface area contributed by atoms with Gasteiger partial charge in [-0.25, -0.2) is 0 Å². The summed E-state index contributed by atoms with van der Waals surface area (Å²) in [6.07, 6.45) is -2.54. The molecule has 0 bridgehead atoms. The van der Waals surface area contributed by atoms with Crippen LogP contribution in [0.2, 0.25) is 5.02 Å². The number of aryl methyl sites for hydroxylation is 1. The van der Waals surface area contributed by atoms with E-state index in [9.17, 15) is 18.0 Å². The number of hydrogen-bond acceptors (Lipinski definition) is 4. The SMILES string of the molecule is O=C(CCn1cc(COc2ccc(Cl)cc2)nn1)NCc1ccc(C(F)(F)F)cc1. The number of rotatable bonds is 8. The van der Waals surface area contributed by atoms with Gasteiger partial charge in [-0.3, -0.25) is 9.48 Å².